The Kier molecular flexibility index (Phi) is 2.78. The van der Waals surface area contributed by atoms with Crippen LogP contribution in [0.2, 0.25) is 5.02 Å². The predicted octanol–water partition coefficient (Wildman–Crippen LogP) is 2.52. The third-order valence-corrected chi connectivity index (χ3v) is 2.13. The monoisotopic (exact) mass is 223 g/mol. The number of hydrogen-bond acceptors (Lipinski definition) is 4. The van der Waals surface area contributed by atoms with E-state index in [9.17, 15) is 0 Å². The maximum atomic E-state index is 5.73. The van der Waals surface area contributed by atoms with Gasteiger partial charge in [0.25, 0.3) is 0 Å². The zero-order valence-corrected chi connectivity index (χ0v) is 8.66. The molecule has 4 nitrogen and oxygen atoms in total. The number of nitrogens with one attached hydrogen (secondary N) is 1. The first-order valence-electron chi connectivity index (χ1n) is 4.41. The summed E-state index contributed by atoms with van der Waals surface area (Å²) in [5.74, 6) is 0.626. The van der Waals surface area contributed by atoms with Gasteiger partial charge in [-0.1, -0.05) is 11.6 Å². The molecule has 0 aliphatic carbocycles. The molecule has 78 valence electrons. The number of anilines is 2. The van der Waals surface area contributed by atoms with Gasteiger partial charge in [-0.2, -0.15) is 0 Å². The summed E-state index contributed by atoms with van der Waals surface area (Å²) in [7, 11) is 0. The SMILES string of the molecule is Nc1cc(Cl)cnc1NCc1ccoc1. The maximum Gasteiger partial charge on any atom is 0.149 e. The topological polar surface area (TPSA) is 64.1 Å². The molecule has 0 saturated heterocycles. The van der Waals surface area contributed by atoms with Crippen LogP contribution in [0.25, 0.3) is 0 Å². The third kappa shape index (κ3) is 2.41. The lowest BCUT2D eigenvalue weighted by molar-refractivity contribution is 0.564. The number of aromatic nitrogens is 1. The van der Waals surface area contributed by atoms with Crippen LogP contribution in [0.15, 0.2) is 35.3 Å². The zero-order valence-electron chi connectivity index (χ0n) is 7.90. The van der Waals surface area contributed by atoms with E-state index in [1.807, 2.05) is 6.07 Å². The van der Waals surface area contributed by atoms with Crippen LogP contribution in [0.5, 0.6) is 0 Å². The van der Waals surface area contributed by atoms with Crippen LogP contribution in [-0.2, 0) is 6.54 Å². The quantitative estimate of drug-likeness (QED) is 0.839. The Labute approximate surface area is 92.1 Å². The summed E-state index contributed by atoms with van der Waals surface area (Å²) in [4.78, 5) is 4.08. The number of nitrogen functional groups attached to an aromatic ring is 1. The Morgan fingerprint density at radius 3 is 3.07 bits per heavy atom. The van der Waals surface area contributed by atoms with Crippen LogP contribution in [0, 0.1) is 0 Å². The highest BCUT2D eigenvalue weighted by atomic mass is 35.5. The minimum Gasteiger partial charge on any atom is -0.472 e. The lowest BCUT2D eigenvalue weighted by atomic mass is 10.3. The molecule has 0 atom stereocenters. The average Bonchev–Trinajstić information content (AvgIpc) is 2.69. The Balaban J connectivity index is 2.05. The Hall–Kier alpha value is -1.68. The van der Waals surface area contributed by atoms with Gasteiger partial charge in [0, 0.05) is 18.3 Å². The number of furan rings is 1. The predicted molar refractivity (Wildman–Crippen MR) is 59.7 cm³/mol. The average molecular weight is 224 g/mol. The molecular weight excluding hydrogens is 214 g/mol. The van der Waals surface area contributed by atoms with Gasteiger partial charge in [0.2, 0.25) is 0 Å². The summed E-state index contributed by atoms with van der Waals surface area (Å²) in [5, 5.41) is 3.62. The van der Waals surface area contributed by atoms with E-state index in [-0.39, 0.29) is 0 Å². The fourth-order valence-corrected chi connectivity index (χ4v) is 1.35. The van der Waals surface area contributed by atoms with Crippen molar-refractivity contribution in [2.45, 2.75) is 6.54 Å². The first-order chi connectivity index (χ1) is 7.25. The molecule has 0 aromatic carbocycles. The molecule has 2 rings (SSSR count). The van der Waals surface area contributed by atoms with E-state index in [0.717, 1.165) is 5.56 Å². The summed E-state index contributed by atoms with van der Waals surface area (Å²) in [5.41, 5.74) is 7.29. The number of nitrogens with two attached hydrogens (primary N) is 1. The standard InChI is InChI=1S/C10H10ClN3O/c11-8-3-9(12)10(14-5-8)13-4-7-1-2-15-6-7/h1-3,5-6H,4,12H2,(H,13,14). The Morgan fingerprint density at radius 1 is 1.53 bits per heavy atom. The molecule has 0 bridgehead atoms. The van der Waals surface area contributed by atoms with Gasteiger partial charge in [0.05, 0.1) is 23.2 Å². The molecular formula is C10H10ClN3O. The molecule has 0 unspecified atom stereocenters. The van der Waals surface area contributed by atoms with E-state index in [4.69, 9.17) is 21.8 Å². The van der Waals surface area contributed by atoms with Gasteiger partial charge in [0.1, 0.15) is 5.82 Å². The third-order valence-electron chi connectivity index (χ3n) is 1.92. The van der Waals surface area contributed by atoms with Crippen LogP contribution >= 0.6 is 11.6 Å². The molecule has 0 aliphatic rings. The molecule has 0 aliphatic heterocycles. The van der Waals surface area contributed by atoms with Crippen LogP contribution in [0.3, 0.4) is 0 Å². The summed E-state index contributed by atoms with van der Waals surface area (Å²) < 4.78 is 4.94. The number of rotatable bonds is 3. The summed E-state index contributed by atoms with van der Waals surface area (Å²) >= 11 is 5.73. The lowest BCUT2D eigenvalue weighted by Crippen LogP contribution is -2.03. The van der Waals surface area contributed by atoms with Gasteiger partial charge in [0.15, 0.2) is 0 Å². The van der Waals surface area contributed by atoms with Gasteiger partial charge in [-0.25, -0.2) is 4.98 Å². The van der Waals surface area contributed by atoms with Gasteiger partial charge >= 0.3 is 0 Å². The fraction of sp³-hybridized carbons (Fsp3) is 0.100. The summed E-state index contributed by atoms with van der Waals surface area (Å²) in [6.45, 7) is 0.620. The summed E-state index contributed by atoms with van der Waals surface area (Å²) in [6, 6.07) is 3.53. The van der Waals surface area contributed by atoms with E-state index in [2.05, 4.69) is 10.3 Å². The molecule has 0 amide bonds. The molecule has 2 aromatic heterocycles. The Bertz CT molecular complexity index is 442. The molecule has 2 heterocycles. The second-order valence-corrected chi connectivity index (χ2v) is 3.51. The van der Waals surface area contributed by atoms with Crippen molar-refractivity contribution in [3.63, 3.8) is 0 Å². The molecule has 0 radical (unpaired) electrons. The maximum absolute atomic E-state index is 5.73. The first-order valence-corrected chi connectivity index (χ1v) is 4.79. The van der Waals surface area contributed by atoms with Gasteiger partial charge in [-0.15, -0.1) is 0 Å². The molecule has 2 aromatic rings. The van der Waals surface area contributed by atoms with E-state index in [1.54, 1.807) is 24.8 Å². The first kappa shape index (κ1) is 9.86. The van der Waals surface area contributed by atoms with Crippen molar-refractivity contribution in [2.24, 2.45) is 0 Å². The summed E-state index contributed by atoms with van der Waals surface area (Å²) in [6.07, 6.45) is 4.84. The van der Waals surface area contributed by atoms with E-state index in [1.165, 1.54) is 0 Å². The van der Waals surface area contributed by atoms with E-state index >= 15 is 0 Å². The minimum atomic E-state index is 0.529. The zero-order chi connectivity index (χ0) is 10.7. The van der Waals surface area contributed by atoms with Crippen molar-refractivity contribution < 1.29 is 4.42 Å². The van der Waals surface area contributed by atoms with Crippen LogP contribution in [0.1, 0.15) is 5.56 Å². The van der Waals surface area contributed by atoms with Crippen molar-refractivity contribution in [3.8, 4) is 0 Å². The normalized spacial score (nSPS) is 10.2. The molecule has 0 spiro atoms. The minimum absolute atomic E-state index is 0.529. The van der Waals surface area contributed by atoms with Gasteiger partial charge in [-0.3, -0.25) is 0 Å². The van der Waals surface area contributed by atoms with Crippen LogP contribution < -0.4 is 11.1 Å². The number of halogens is 1. The number of nitrogens with zero attached hydrogens (tertiary/aromatic N) is 1. The molecule has 0 fully saturated rings. The van der Waals surface area contributed by atoms with Crippen molar-refractivity contribution in [2.75, 3.05) is 11.1 Å². The lowest BCUT2D eigenvalue weighted by Gasteiger charge is -2.06. The molecule has 3 N–H and O–H groups in total. The van der Waals surface area contributed by atoms with E-state index in [0.29, 0.717) is 23.1 Å². The van der Waals surface area contributed by atoms with Crippen molar-refractivity contribution >= 4 is 23.1 Å². The number of pyridine rings is 1. The highest BCUT2D eigenvalue weighted by Crippen LogP contribution is 2.19. The second kappa shape index (κ2) is 4.23. The molecule has 5 heteroatoms. The van der Waals surface area contributed by atoms with Crippen LogP contribution in [0.4, 0.5) is 11.5 Å². The van der Waals surface area contributed by atoms with Gasteiger partial charge in [-0.05, 0) is 12.1 Å². The largest absolute Gasteiger partial charge is 0.472 e. The highest BCUT2D eigenvalue weighted by Gasteiger charge is 2.01. The fourth-order valence-electron chi connectivity index (χ4n) is 1.18. The van der Waals surface area contributed by atoms with Gasteiger partial charge < -0.3 is 15.5 Å². The smallest absolute Gasteiger partial charge is 0.149 e. The Morgan fingerprint density at radius 2 is 2.40 bits per heavy atom. The van der Waals surface area contributed by atoms with Crippen molar-refractivity contribution in [1.29, 1.82) is 0 Å². The van der Waals surface area contributed by atoms with E-state index < -0.39 is 0 Å². The number of hydrogen-bond donors (Lipinski definition) is 2. The second-order valence-electron chi connectivity index (χ2n) is 3.08. The van der Waals surface area contributed by atoms with Crippen molar-refractivity contribution in [3.05, 3.63) is 41.4 Å². The van der Waals surface area contributed by atoms with Crippen LogP contribution in [-0.4, -0.2) is 4.98 Å². The molecule has 0 saturated carbocycles. The van der Waals surface area contributed by atoms with Crippen molar-refractivity contribution in [1.82, 2.24) is 4.98 Å². The highest BCUT2D eigenvalue weighted by molar-refractivity contribution is 6.30. The molecule has 15 heavy (non-hydrogen) atoms.